The minimum absolute atomic E-state index is 0.110. The molecule has 8 heteroatoms. The number of rotatable bonds is 6. The van der Waals surface area contributed by atoms with E-state index in [4.69, 9.17) is 11.6 Å². The number of nitrogens with one attached hydrogen (secondary N) is 1. The summed E-state index contributed by atoms with van der Waals surface area (Å²) in [5, 5.41) is 12.5. The molecule has 6 nitrogen and oxygen atoms in total. The molecule has 1 aromatic carbocycles. The Hall–Kier alpha value is -2.38. The molecule has 0 unspecified atom stereocenters. The van der Waals surface area contributed by atoms with Crippen LogP contribution in [-0.4, -0.2) is 30.9 Å². The maximum Gasteiger partial charge on any atom is 0.237 e. The Bertz CT molecular complexity index is 945. The molecule has 1 amide bonds. The fraction of sp³-hybridized carbons (Fsp3) is 0.263. The first kappa shape index (κ1) is 19.4. The van der Waals surface area contributed by atoms with Crippen molar-refractivity contribution < 1.29 is 4.79 Å². The number of benzene rings is 1. The molecule has 3 rings (SSSR count). The van der Waals surface area contributed by atoms with E-state index >= 15 is 0 Å². The van der Waals surface area contributed by atoms with Crippen molar-refractivity contribution in [3.8, 4) is 11.4 Å². The lowest BCUT2D eigenvalue weighted by atomic mass is 10.2. The van der Waals surface area contributed by atoms with Crippen molar-refractivity contribution in [2.75, 3.05) is 5.32 Å². The van der Waals surface area contributed by atoms with E-state index in [1.807, 2.05) is 49.6 Å². The second kappa shape index (κ2) is 8.54. The Kier molecular flexibility index (Phi) is 6.13. The molecule has 3 aromatic rings. The second-order valence-corrected chi connectivity index (χ2v) is 7.66. The number of anilines is 1. The van der Waals surface area contributed by atoms with Gasteiger partial charge in [0.15, 0.2) is 11.0 Å². The van der Waals surface area contributed by atoms with Gasteiger partial charge in [0, 0.05) is 35.2 Å². The number of halogens is 1. The third kappa shape index (κ3) is 4.31. The first-order chi connectivity index (χ1) is 13.0. The van der Waals surface area contributed by atoms with E-state index in [9.17, 15) is 4.79 Å². The third-order valence-electron chi connectivity index (χ3n) is 4.15. The number of amides is 1. The molecule has 2 heterocycles. The van der Waals surface area contributed by atoms with Crippen LogP contribution in [0.4, 0.5) is 5.69 Å². The summed E-state index contributed by atoms with van der Waals surface area (Å²) in [6.07, 6.45) is 3.44. The lowest BCUT2D eigenvalue weighted by molar-refractivity contribution is -0.115. The zero-order chi connectivity index (χ0) is 19.4. The smallest absolute Gasteiger partial charge is 0.237 e. The highest BCUT2D eigenvalue weighted by molar-refractivity contribution is 8.00. The summed E-state index contributed by atoms with van der Waals surface area (Å²) in [5.41, 5.74) is 2.51. The van der Waals surface area contributed by atoms with Gasteiger partial charge in [-0.2, -0.15) is 0 Å². The van der Waals surface area contributed by atoms with Gasteiger partial charge in [-0.3, -0.25) is 9.78 Å². The van der Waals surface area contributed by atoms with E-state index in [0.29, 0.717) is 16.7 Å². The van der Waals surface area contributed by atoms with Crippen molar-refractivity contribution in [2.24, 2.45) is 0 Å². The minimum Gasteiger partial charge on any atom is -0.325 e. The van der Waals surface area contributed by atoms with Gasteiger partial charge in [0.05, 0.1) is 5.25 Å². The van der Waals surface area contributed by atoms with E-state index in [0.717, 1.165) is 22.6 Å². The average molecular weight is 402 g/mol. The largest absolute Gasteiger partial charge is 0.325 e. The molecule has 0 spiro atoms. The maximum absolute atomic E-state index is 12.6. The summed E-state index contributed by atoms with van der Waals surface area (Å²) in [5.74, 6) is 0.655. The van der Waals surface area contributed by atoms with E-state index < -0.39 is 0 Å². The number of nitrogens with zero attached hydrogens (tertiary/aromatic N) is 4. The van der Waals surface area contributed by atoms with Crippen LogP contribution in [0.5, 0.6) is 0 Å². The molecule has 0 saturated carbocycles. The van der Waals surface area contributed by atoms with Crippen molar-refractivity contribution >= 4 is 35.0 Å². The van der Waals surface area contributed by atoms with Crippen molar-refractivity contribution in [2.45, 2.75) is 37.7 Å². The number of hydrogen-bond donors (Lipinski definition) is 1. The molecule has 0 saturated heterocycles. The Morgan fingerprint density at radius 2 is 2.00 bits per heavy atom. The summed E-state index contributed by atoms with van der Waals surface area (Å²) >= 11 is 7.50. The summed E-state index contributed by atoms with van der Waals surface area (Å²) in [6, 6.07) is 9.24. The standard InChI is InChI=1S/C19H20ClN5OS/c1-4-25-17(14-8-10-21-11-9-14)23-24-19(25)27-13(3)18(26)22-16-7-5-6-15(20)12(16)2/h5-11,13H,4H2,1-3H3,(H,22,26)/t13-/m0/s1. The van der Waals surface area contributed by atoms with Gasteiger partial charge < -0.3 is 9.88 Å². The van der Waals surface area contributed by atoms with Crippen LogP contribution in [0.3, 0.4) is 0 Å². The van der Waals surface area contributed by atoms with Gasteiger partial charge in [-0.05, 0) is 50.6 Å². The molecule has 2 aromatic heterocycles. The first-order valence-electron chi connectivity index (χ1n) is 8.57. The molecule has 0 aliphatic heterocycles. The molecule has 0 fully saturated rings. The van der Waals surface area contributed by atoms with Gasteiger partial charge in [0.25, 0.3) is 0 Å². The third-order valence-corrected chi connectivity index (χ3v) is 5.64. The predicted molar refractivity (Wildman–Crippen MR) is 109 cm³/mol. The molecule has 0 bridgehead atoms. The summed E-state index contributed by atoms with van der Waals surface area (Å²) in [4.78, 5) is 16.6. The lowest BCUT2D eigenvalue weighted by Crippen LogP contribution is -2.23. The predicted octanol–water partition coefficient (Wildman–Crippen LogP) is 4.44. The van der Waals surface area contributed by atoms with Crippen molar-refractivity contribution in [1.82, 2.24) is 19.7 Å². The van der Waals surface area contributed by atoms with Gasteiger partial charge in [0.2, 0.25) is 5.91 Å². The summed E-state index contributed by atoms with van der Waals surface area (Å²) in [6.45, 7) is 6.46. The highest BCUT2D eigenvalue weighted by Gasteiger charge is 2.21. The van der Waals surface area contributed by atoms with Crippen LogP contribution in [-0.2, 0) is 11.3 Å². The molecule has 0 aliphatic carbocycles. The van der Waals surface area contributed by atoms with E-state index in [1.165, 1.54) is 11.8 Å². The van der Waals surface area contributed by atoms with Gasteiger partial charge in [-0.1, -0.05) is 29.4 Å². The molecular weight excluding hydrogens is 382 g/mol. The fourth-order valence-corrected chi connectivity index (χ4v) is 3.65. The van der Waals surface area contributed by atoms with Crippen molar-refractivity contribution in [1.29, 1.82) is 0 Å². The van der Waals surface area contributed by atoms with Crippen molar-refractivity contribution in [3.63, 3.8) is 0 Å². The van der Waals surface area contributed by atoms with Gasteiger partial charge in [-0.25, -0.2) is 0 Å². The van der Waals surface area contributed by atoms with Crippen LogP contribution in [0, 0.1) is 6.92 Å². The van der Waals surface area contributed by atoms with Gasteiger partial charge in [0.1, 0.15) is 0 Å². The van der Waals surface area contributed by atoms with Crippen LogP contribution >= 0.6 is 23.4 Å². The van der Waals surface area contributed by atoms with Crippen LogP contribution in [0.25, 0.3) is 11.4 Å². The molecular formula is C19H20ClN5OS. The molecule has 1 atom stereocenters. The quantitative estimate of drug-likeness (QED) is 0.618. The lowest BCUT2D eigenvalue weighted by Gasteiger charge is -2.14. The summed E-state index contributed by atoms with van der Waals surface area (Å²) < 4.78 is 1.99. The normalized spacial score (nSPS) is 12.0. The SMILES string of the molecule is CCn1c(S[C@@H](C)C(=O)Nc2cccc(Cl)c2C)nnc1-c1ccncc1. The van der Waals surface area contributed by atoms with Crippen LogP contribution in [0.2, 0.25) is 5.02 Å². The number of carbonyl (C=O) groups is 1. The van der Waals surface area contributed by atoms with Gasteiger partial charge in [-0.15, -0.1) is 10.2 Å². The number of pyridine rings is 1. The molecule has 1 N–H and O–H groups in total. The number of aromatic nitrogens is 4. The zero-order valence-electron chi connectivity index (χ0n) is 15.3. The first-order valence-corrected chi connectivity index (χ1v) is 9.83. The second-order valence-electron chi connectivity index (χ2n) is 5.95. The minimum atomic E-state index is -0.344. The number of thioether (sulfide) groups is 1. The van der Waals surface area contributed by atoms with E-state index in [1.54, 1.807) is 18.5 Å². The van der Waals surface area contributed by atoms with Crippen molar-refractivity contribution in [3.05, 3.63) is 53.3 Å². The Labute approximate surface area is 167 Å². The Morgan fingerprint density at radius 1 is 1.26 bits per heavy atom. The highest BCUT2D eigenvalue weighted by atomic mass is 35.5. The van der Waals surface area contributed by atoms with E-state index in [2.05, 4.69) is 20.5 Å². The Morgan fingerprint density at radius 3 is 2.70 bits per heavy atom. The average Bonchev–Trinajstić information content (AvgIpc) is 3.08. The van der Waals surface area contributed by atoms with E-state index in [-0.39, 0.29) is 11.2 Å². The molecule has 0 aliphatic rings. The molecule has 0 radical (unpaired) electrons. The zero-order valence-corrected chi connectivity index (χ0v) is 16.9. The monoisotopic (exact) mass is 401 g/mol. The van der Waals surface area contributed by atoms with Gasteiger partial charge >= 0.3 is 0 Å². The highest BCUT2D eigenvalue weighted by Crippen LogP contribution is 2.28. The Balaban J connectivity index is 1.76. The number of carbonyl (C=O) groups excluding carboxylic acids is 1. The molecule has 140 valence electrons. The van der Waals surface area contributed by atoms with Crippen LogP contribution < -0.4 is 5.32 Å². The number of hydrogen-bond acceptors (Lipinski definition) is 5. The summed E-state index contributed by atoms with van der Waals surface area (Å²) in [7, 11) is 0. The maximum atomic E-state index is 12.6. The van der Waals surface area contributed by atoms with Crippen LogP contribution in [0.15, 0.2) is 47.9 Å². The fourth-order valence-electron chi connectivity index (χ4n) is 2.56. The molecule has 27 heavy (non-hydrogen) atoms. The topological polar surface area (TPSA) is 72.7 Å². The van der Waals surface area contributed by atoms with Crippen LogP contribution in [0.1, 0.15) is 19.4 Å².